The highest BCUT2D eigenvalue weighted by Crippen LogP contribution is 2.08. The standard InChI is InChI=1S/C7H12N4O4S/c1-10(2)16(14,15)9-6-3-8-11(4-6)5-7(12)13/h3-4,9H,5H2,1-2H3,(H,12,13). The molecule has 90 valence electrons. The van der Waals surface area contributed by atoms with Crippen LogP contribution in [-0.2, 0) is 21.5 Å². The van der Waals surface area contributed by atoms with Crippen molar-refractivity contribution in [1.82, 2.24) is 14.1 Å². The number of nitrogens with zero attached hydrogens (tertiary/aromatic N) is 3. The van der Waals surface area contributed by atoms with Gasteiger partial charge in [0.05, 0.1) is 11.9 Å². The van der Waals surface area contributed by atoms with Crippen LogP contribution in [0.3, 0.4) is 0 Å². The summed E-state index contributed by atoms with van der Waals surface area (Å²) in [6, 6.07) is 0. The van der Waals surface area contributed by atoms with Crippen molar-refractivity contribution < 1.29 is 18.3 Å². The van der Waals surface area contributed by atoms with Gasteiger partial charge in [-0.15, -0.1) is 0 Å². The average molecular weight is 248 g/mol. The molecule has 0 amide bonds. The van der Waals surface area contributed by atoms with E-state index in [4.69, 9.17) is 5.11 Å². The Morgan fingerprint density at radius 2 is 2.25 bits per heavy atom. The van der Waals surface area contributed by atoms with Crippen molar-refractivity contribution in [2.75, 3.05) is 18.8 Å². The van der Waals surface area contributed by atoms with Crippen LogP contribution in [0.4, 0.5) is 5.69 Å². The largest absolute Gasteiger partial charge is 0.480 e. The zero-order valence-electron chi connectivity index (χ0n) is 8.78. The Kier molecular flexibility index (Phi) is 3.50. The smallest absolute Gasteiger partial charge is 0.325 e. The Hall–Kier alpha value is -1.61. The van der Waals surface area contributed by atoms with Crippen molar-refractivity contribution in [3.63, 3.8) is 0 Å². The van der Waals surface area contributed by atoms with Crippen LogP contribution in [0.15, 0.2) is 12.4 Å². The first-order chi connectivity index (χ1) is 7.31. The van der Waals surface area contributed by atoms with E-state index in [1.165, 1.54) is 26.5 Å². The van der Waals surface area contributed by atoms with Crippen molar-refractivity contribution >= 4 is 21.9 Å². The summed E-state index contributed by atoms with van der Waals surface area (Å²) < 4.78 is 27.1. The highest BCUT2D eigenvalue weighted by molar-refractivity contribution is 7.90. The predicted octanol–water partition coefficient (Wildman–Crippen LogP) is -0.814. The van der Waals surface area contributed by atoms with Gasteiger partial charge >= 0.3 is 16.2 Å². The van der Waals surface area contributed by atoms with Gasteiger partial charge in [-0.05, 0) is 0 Å². The zero-order valence-corrected chi connectivity index (χ0v) is 9.60. The molecule has 0 saturated carbocycles. The van der Waals surface area contributed by atoms with Gasteiger partial charge in [-0.25, -0.2) is 0 Å². The van der Waals surface area contributed by atoms with Gasteiger partial charge in [-0.3, -0.25) is 14.2 Å². The van der Waals surface area contributed by atoms with E-state index in [0.29, 0.717) is 0 Å². The third-order valence-corrected chi connectivity index (χ3v) is 3.11. The Labute approximate surface area is 92.7 Å². The fraction of sp³-hybridized carbons (Fsp3) is 0.429. The summed E-state index contributed by atoms with van der Waals surface area (Å²) in [6.07, 6.45) is 2.54. The van der Waals surface area contributed by atoms with E-state index in [-0.39, 0.29) is 12.2 Å². The lowest BCUT2D eigenvalue weighted by Gasteiger charge is -2.11. The lowest BCUT2D eigenvalue weighted by Crippen LogP contribution is -2.28. The molecule has 0 unspecified atom stereocenters. The van der Waals surface area contributed by atoms with Crippen LogP contribution in [0, 0.1) is 0 Å². The van der Waals surface area contributed by atoms with Crippen LogP contribution in [0.5, 0.6) is 0 Å². The van der Waals surface area contributed by atoms with Gasteiger partial charge in [-0.1, -0.05) is 0 Å². The van der Waals surface area contributed by atoms with E-state index in [0.717, 1.165) is 8.99 Å². The Morgan fingerprint density at radius 3 is 2.75 bits per heavy atom. The highest BCUT2D eigenvalue weighted by Gasteiger charge is 2.14. The van der Waals surface area contributed by atoms with Crippen molar-refractivity contribution in [3.8, 4) is 0 Å². The molecular formula is C7H12N4O4S. The molecule has 1 heterocycles. The third-order valence-electron chi connectivity index (χ3n) is 1.66. The number of carboxylic acid groups (broad SMARTS) is 1. The SMILES string of the molecule is CN(C)S(=O)(=O)Nc1cnn(CC(=O)O)c1. The van der Waals surface area contributed by atoms with Crippen LogP contribution in [0.2, 0.25) is 0 Å². The van der Waals surface area contributed by atoms with Gasteiger partial charge < -0.3 is 5.11 Å². The molecule has 9 heteroatoms. The molecule has 0 saturated heterocycles. The molecule has 2 N–H and O–H groups in total. The molecule has 0 bridgehead atoms. The molecule has 0 aromatic carbocycles. The first kappa shape index (κ1) is 12.5. The molecular weight excluding hydrogens is 236 g/mol. The van der Waals surface area contributed by atoms with E-state index in [1.807, 2.05) is 0 Å². The molecule has 0 fully saturated rings. The van der Waals surface area contributed by atoms with Gasteiger partial charge in [0.25, 0.3) is 0 Å². The predicted molar refractivity (Wildman–Crippen MR) is 56.1 cm³/mol. The second-order valence-corrected chi connectivity index (χ2v) is 5.09. The summed E-state index contributed by atoms with van der Waals surface area (Å²) >= 11 is 0. The third kappa shape index (κ3) is 3.21. The van der Waals surface area contributed by atoms with Crippen molar-refractivity contribution in [2.24, 2.45) is 0 Å². The number of carbonyl (C=O) groups is 1. The Bertz CT molecular complexity index is 478. The summed E-state index contributed by atoms with van der Waals surface area (Å²) in [5.41, 5.74) is 0.218. The summed E-state index contributed by atoms with van der Waals surface area (Å²) in [6.45, 7) is -0.316. The maximum atomic E-state index is 11.4. The number of aromatic nitrogens is 2. The van der Waals surface area contributed by atoms with E-state index in [2.05, 4.69) is 9.82 Å². The molecule has 1 aromatic rings. The maximum absolute atomic E-state index is 11.4. The first-order valence-corrected chi connectivity index (χ1v) is 5.70. The van der Waals surface area contributed by atoms with E-state index >= 15 is 0 Å². The van der Waals surface area contributed by atoms with Gasteiger partial charge in [0.15, 0.2) is 0 Å². The Morgan fingerprint density at radius 1 is 1.62 bits per heavy atom. The number of carboxylic acids is 1. The number of aliphatic carboxylic acids is 1. The Balaban J connectivity index is 2.77. The minimum atomic E-state index is -3.58. The van der Waals surface area contributed by atoms with Crippen LogP contribution < -0.4 is 4.72 Å². The lowest BCUT2D eigenvalue weighted by molar-refractivity contribution is -0.137. The number of nitrogens with one attached hydrogen (secondary N) is 1. The zero-order chi connectivity index (χ0) is 12.3. The topological polar surface area (TPSA) is 105 Å². The molecule has 0 aliphatic heterocycles. The summed E-state index contributed by atoms with van der Waals surface area (Å²) in [4.78, 5) is 10.4. The molecule has 0 spiro atoms. The van der Waals surface area contributed by atoms with Gasteiger partial charge in [0, 0.05) is 20.3 Å². The summed E-state index contributed by atoms with van der Waals surface area (Å²) in [5, 5.41) is 12.2. The molecule has 0 atom stereocenters. The fourth-order valence-corrected chi connectivity index (χ4v) is 1.47. The van der Waals surface area contributed by atoms with Crippen LogP contribution in [0.1, 0.15) is 0 Å². The lowest BCUT2D eigenvalue weighted by atomic mass is 10.6. The minimum absolute atomic E-state index is 0.218. The highest BCUT2D eigenvalue weighted by atomic mass is 32.2. The quantitative estimate of drug-likeness (QED) is 0.708. The minimum Gasteiger partial charge on any atom is -0.480 e. The molecule has 0 radical (unpaired) electrons. The molecule has 1 rings (SSSR count). The molecule has 0 aliphatic rings. The molecule has 16 heavy (non-hydrogen) atoms. The molecule has 0 aliphatic carbocycles. The van der Waals surface area contributed by atoms with Gasteiger partial charge in [0.2, 0.25) is 0 Å². The number of anilines is 1. The fourth-order valence-electron chi connectivity index (χ4n) is 0.882. The van der Waals surface area contributed by atoms with Crippen molar-refractivity contribution in [1.29, 1.82) is 0 Å². The second-order valence-electron chi connectivity index (χ2n) is 3.21. The van der Waals surface area contributed by atoms with Crippen LogP contribution in [-0.4, -0.2) is 47.7 Å². The number of hydrogen-bond acceptors (Lipinski definition) is 4. The molecule has 8 nitrogen and oxygen atoms in total. The second kappa shape index (κ2) is 4.49. The first-order valence-electron chi connectivity index (χ1n) is 4.26. The normalized spacial score (nSPS) is 11.7. The van der Waals surface area contributed by atoms with Crippen molar-refractivity contribution in [2.45, 2.75) is 6.54 Å². The van der Waals surface area contributed by atoms with Crippen LogP contribution in [0.25, 0.3) is 0 Å². The number of rotatable bonds is 5. The van der Waals surface area contributed by atoms with E-state index < -0.39 is 16.2 Å². The summed E-state index contributed by atoms with van der Waals surface area (Å²) in [7, 11) is -0.826. The van der Waals surface area contributed by atoms with Crippen molar-refractivity contribution in [3.05, 3.63) is 12.4 Å². The monoisotopic (exact) mass is 248 g/mol. The maximum Gasteiger partial charge on any atom is 0.325 e. The van der Waals surface area contributed by atoms with E-state index in [9.17, 15) is 13.2 Å². The average Bonchev–Trinajstić information content (AvgIpc) is 2.50. The van der Waals surface area contributed by atoms with E-state index in [1.54, 1.807) is 0 Å². The molecule has 1 aromatic heterocycles. The van der Waals surface area contributed by atoms with Gasteiger partial charge in [-0.2, -0.15) is 17.8 Å². The van der Waals surface area contributed by atoms with Crippen LogP contribution >= 0.6 is 0 Å². The summed E-state index contributed by atoms with van der Waals surface area (Å²) in [5.74, 6) is -1.05. The number of hydrogen-bond donors (Lipinski definition) is 2. The van der Waals surface area contributed by atoms with Gasteiger partial charge in [0.1, 0.15) is 6.54 Å².